The van der Waals surface area contributed by atoms with Gasteiger partial charge in [0.15, 0.2) is 0 Å². The number of hydrogen-bond acceptors (Lipinski definition) is 5. The number of carbonyl (C=O) groups excluding carboxylic acids is 2. The zero-order valence-corrected chi connectivity index (χ0v) is 17.1. The number of anilines is 1. The van der Waals surface area contributed by atoms with Crippen molar-refractivity contribution in [2.75, 3.05) is 18.6 Å². The van der Waals surface area contributed by atoms with Crippen LogP contribution < -0.4 is 16.1 Å². The lowest BCUT2D eigenvalue weighted by atomic mass is 10.1. The molecule has 3 rings (SSSR count). The topological polar surface area (TPSA) is 91.0 Å². The summed E-state index contributed by atoms with van der Waals surface area (Å²) in [7, 11) is 2.05. The highest BCUT2D eigenvalue weighted by molar-refractivity contribution is 6.40. The van der Waals surface area contributed by atoms with E-state index >= 15 is 0 Å². The van der Waals surface area contributed by atoms with Gasteiger partial charge in [-0.15, -0.1) is 0 Å². The van der Waals surface area contributed by atoms with Gasteiger partial charge < -0.3 is 16.0 Å². The van der Waals surface area contributed by atoms with Crippen LogP contribution >= 0.6 is 0 Å². The molecule has 2 aromatic rings. The number of hydrazone groups is 1. The van der Waals surface area contributed by atoms with Crippen LogP contribution in [0.5, 0.6) is 0 Å². The van der Waals surface area contributed by atoms with Crippen molar-refractivity contribution in [3.05, 3.63) is 65.5 Å². The average Bonchev–Trinajstić information content (AvgIpc) is 3.18. The minimum absolute atomic E-state index is 0.0971. The number of nitrogens with one attached hydrogen (secondary N) is 1. The summed E-state index contributed by atoms with van der Waals surface area (Å²) in [5, 5.41) is 8.51. The average molecular weight is 411 g/mol. The minimum atomic E-state index is -0.788. The third-order valence-corrected chi connectivity index (χ3v) is 5.03. The van der Waals surface area contributed by atoms with E-state index in [4.69, 9.17) is 5.73 Å². The van der Waals surface area contributed by atoms with Gasteiger partial charge in [0.1, 0.15) is 17.6 Å². The zero-order valence-electron chi connectivity index (χ0n) is 17.1. The Kier molecular flexibility index (Phi) is 6.79. The lowest BCUT2D eigenvalue weighted by molar-refractivity contribution is -0.119. The standard InChI is InChI=1S/C22H26FN5O2/c1-3-27(2)14-16-6-4-5-15(11-16)13-25-22(30)19-12-20(21(24)29)28(26-19)18-9-7-17(23)8-10-18/h4-11,20H,3,12-14H2,1-2H3,(H2,24,29)(H,25,30). The van der Waals surface area contributed by atoms with E-state index in [9.17, 15) is 14.0 Å². The van der Waals surface area contributed by atoms with Crippen molar-refractivity contribution in [3.8, 4) is 0 Å². The van der Waals surface area contributed by atoms with Gasteiger partial charge in [-0.2, -0.15) is 5.10 Å². The molecule has 1 unspecified atom stereocenters. The lowest BCUT2D eigenvalue weighted by Crippen LogP contribution is -2.39. The fourth-order valence-electron chi connectivity index (χ4n) is 3.25. The quantitative estimate of drug-likeness (QED) is 0.695. The van der Waals surface area contributed by atoms with Crippen LogP contribution in [-0.4, -0.2) is 42.1 Å². The number of hydrogen-bond donors (Lipinski definition) is 2. The second-order valence-corrected chi connectivity index (χ2v) is 7.32. The zero-order chi connectivity index (χ0) is 21.7. The summed E-state index contributed by atoms with van der Waals surface area (Å²) >= 11 is 0. The summed E-state index contributed by atoms with van der Waals surface area (Å²) in [5.74, 6) is -1.36. The third-order valence-electron chi connectivity index (χ3n) is 5.03. The van der Waals surface area contributed by atoms with Crippen molar-refractivity contribution >= 4 is 23.2 Å². The first kappa shape index (κ1) is 21.4. The summed E-state index contributed by atoms with van der Waals surface area (Å²) in [6, 6.07) is 12.8. The van der Waals surface area contributed by atoms with Gasteiger partial charge in [-0.25, -0.2) is 4.39 Å². The van der Waals surface area contributed by atoms with Crippen LogP contribution in [-0.2, 0) is 22.7 Å². The summed E-state index contributed by atoms with van der Waals surface area (Å²) in [6.07, 6.45) is 0.0971. The first-order valence-corrected chi connectivity index (χ1v) is 9.83. The van der Waals surface area contributed by atoms with Gasteiger partial charge in [0.25, 0.3) is 5.91 Å². The fraction of sp³-hybridized carbons (Fsp3) is 0.318. The predicted octanol–water partition coefficient (Wildman–Crippen LogP) is 2.01. The van der Waals surface area contributed by atoms with E-state index in [1.807, 2.05) is 12.1 Å². The number of amides is 2. The summed E-state index contributed by atoms with van der Waals surface area (Å²) in [4.78, 5) is 26.7. The van der Waals surface area contributed by atoms with Crippen molar-refractivity contribution in [2.24, 2.45) is 10.8 Å². The number of nitrogens with zero attached hydrogens (tertiary/aromatic N) is 3. The molecule has 1 aliphatic rings. The van der Waals surface area contributed by atoms with Gasteiger partial charge in [0.2, 0.25) is 5.91 Å². The monoisotopic (exact) mass is 411 g/mol. The molecule has 0 fully saturated rings. The minimum Gasteiger partial charge on any atom is -0.368 e. The highest BCUT2D eigenvalue weighted by Gasteiger charge is 2.34. The van der Waals surface area contributed by atoms with Crippen LogP contribution in [0, 0.1) is 5.82 Å². The second kappa shape index (κ2) is 9.49. The summed E-state index contributed by atoms with van der Waals surface area (Å²) < 4.78 is 13.2. The number of carbonyl (C=O) groups is 2. The molecule has 3 N–H and O–H groups in total. The molecule has 0 radical (unpaired) electrons. The number of rotatable bonds is 8. The Labute approximate surface area is 175 Å². The molecule has 8 heteroatoms. The van der Waals surface area contributed by atoms with Crippen molar-refractivity contribution in [3.63, 3.8) is 0 Å². The molecule has 0 aliphatic carbocycles. The Morgan fingerprint density at radius 1 is 1.23 bits per heavy atom. The molecule has 0 bridgehead atoms. The van der Waals surface area contributed by atoms with Gasteiger partial charge in [-0.3, -0.25) is 14.6 Å². The maximum atomic E-state index is 13.2. The Morgan fingerprint density at radius 2 is 1.93 bits per heavy atom. The molecular weight excluding hydrogens is 385 g/mol. The Balaban J connectivity index is 1.68. The molecule has 0 saturated heterocycles. The van der Waals surface area contributed by atoms with Gasteiger partial charge in [-0.05, 0) is 49.0 Å². The van der Waals surface area contributed by atoms with E-state index < -0.39 is 17.8 Å². The normalized spacial score (nSPS) is 15.9. The maximum absolute atomic E-state index is 13.2. The molecule has 1 atom stereocenters. The molecule has 0 spiro atoms. The van der Waals surface area contributed by atoms with Gasteiger partial charge in [0.05, 0.1) is 5.69 Å². The van der Waals surface area contributed by atoms with Crippen LogP contribution in [0.15, 0.2) is 53.6 Å². The molecule has 7 nitrogen and oxygen atoms in total. The smallest absolute Gasteiger partial charge is 0.267 e. The van der Waals surface area contributed by atoms with Crippen LogP contribution in [0.4, 0.5) is 10.1 Å². The SMILES string of the molecule is CCN(C)Cc1cccc(CNC(=O)C2=NN(c3ccc(F)cc3)C(C(N)=O)C2)c1. The number of nitrogens with two attached hydrogens (primary N) is 1. The first-order chi connectivity index (χ1) is 14.4. The van der Waals surface area contributed by atoms with Crippen molar-refractivity contribution in [2.45, 2.75) is 32.5 Å². The first-order valence-electron chi connectivity index (χ1n) is 9.83. The fourth-order valence-corrected chi connectivity index (χ4v) is 3.25. The molecule has 2 aromatic carbocycles. The maximum Gasteiger partial charge on any atom is 0.267 e. The van der Waals surface area contributed by atoms with E-state index in [1.54, 1.807) is 0 Å². The molecule has 0 saturated carbocycles. The summed E-state index contributed by atoms with van der Waals surface area (Å²) in [5.41, 5.74) is 8.34. The van der Waals surface area contributed by atoms with Crippen LogP contribution in [0.1, 0.15) is 24.5 Å². The van der Waals surface area contributed by atoms with E-state index in [2.05, 4.69) is 41.4 Å². The molecule has 30 heavy (non-hydrogen) atoms. The van der Waals surface area contributed by atoms with Crippen LogP contribution in [0.3, 0.4) is 0 Å². The van der Waals surface area contributed by atoms with Crippen LogP contribution in [0.2, 0.25) is 0 Å². The Bertz CT molecular complexity index is 945. The number of halogens is 1. The molecule has 1 heterocycles. The predicted molar refractivity (Wildman–Crippen MR) is 114 cm³/mol. The summed E-state index contributed by atoms with van der Waals surface area (Å²) in [6.45, 7) is 4.23. The van der Waals surface area contributed by atoms with Crippen LogP contribution in [0.25, 0.3) is 0 Å². The molecule has 1 aliphatic heterocycles. The largest absolute Gasteiger partial charge is 0.368 e. The van der Waals surface area contributed by atoms with Crippen molar-refractivity contribution in [1.82, 2.24) is 10.2 Å². The highest BCUT2D eigenvalue weighted by Crippen LogP contribution is 2.25. The van der Waals surface area contributed by atoms with Gasteiger partial charge in [-0.1, -0.05) is 31.2 Å². The highest BCUT2D eigenvalue weighted by atomic mass is 19.1. The van der Waals surface area contributed by atoms with E-state index in [-0.39, 0.29) is 18.0 Å². The third kappa shape index (κ3) is 5.21. The molecular formula is C22H26FN5O2. The second-order valence-electron chi connectivity index (χ2n) is 7.32. The number of benzene rings is 2. The molecule has 158 valence electrons. The van der Waals surface area contributed by atoms with Gasteiger partial charge in [0, 0.05) is 19.5 Å². The lowest BCUT2D eigenvalue weighted by Gasteiger charge is -2.20. The van der Waals surface area contributed by atoms with Gasteiger partial charge >= 0.3 is 0 Å². The van der Waals surface area contributed by atoms with E-state index in [1.165, 1.54) is 34.8 Å². The Morgan fingerprint density at radius 3 is 2.60 bits per heavy atom. The Hall–Kier alpha value is -3.26. The van der Waals surface area contributed by atoms with Crippen molar-refractivity contribution in [1.29, 1.82) is 0 Å². The van der Waals surface area contributed by atoms with E-state index in [0.717, 1.165) is 18.7 Å². The van der Waals surface area contributed by atoms with Crippen molar-refractivity contribution < 1.29 is 14.0 Å². The molecule has 0 aromatic heterocycles. The number of primary amides is 1. The molecule has 2 amide bonds. The van der Waals surface area contributed by atoms with E-state index in [0.29, 0.717) is 12.2 Å².